The number of piperazine rings is 1. The first-order valence-corrected chi connectivity index (χ1v) is 8.36. The minimum absolute atomic E-state index is 0.122. The van der Waals surface area contributed by atoms with Crippen molar-refractivity contribution in [2.24, 2.45) is 0 Å². The lowest BCUT2D eigenvalue weighted by Gasteiger charge is -2.36. The van der Waals surface area contributed by atoms with E-state index in [1.807, 2.05) is 0 Å². The second kappa shape index (κ2) is 7.73. The summed E-state index contributed by atoms with van der Waals surface area (Å²) in [6.45, 7) is 1.40. The molecule has 1 aromatic carbocycles. The molecule has 1 aromatic heterocycles. The summed E-state index contributed by atoms with van der Waals surface area (Å²) < 4.78 is 43.5. The Morgan fingerprint density at radius 3 is 2.44 bits per heavy atom. The fourth-order valence-corrected chi connectivity index (χ4v) is 2.86. The van der Waals surface area contributed by atoms with E-state index in [1.54, 1.807) is 21.9 Å². The quantitative estimate of drug-likeness (QED) is 0.883. The zero-order valence-electron chi connectivity index (χ0n) is 14.3. The monoisotopic (exact) mass is 381 g/mol. The lowest BCUT2D eigenvalue weighted by molar-refractivity contribution is -0.137. The number of hydrogen-bond donors (Lipinski definition) is 1. The largest absolute Gasteiger partial charge is 0.459 e. The predicted octanol–water partition coefficient (Wildman–Crippen LogP) is 2.38. The van der Waals surface area contributed by atoms with E-state index < -0.39 is 17.6 Å². The minimum atomic E-state index is -4.39. The van der Waals surface area contributed by atoms with Crippen LogP contribution in [0.4, 0.5) is 18.9 Å². The van der Waals surface area contributed by atoms with Gasteiger partial charge in [0.25, 0.3) is 5.91 Å². The number of carbonyl (C=O) groups excluding carboxylic acids is 2. The number of rotatable bonds is 4. The number of nitrogens with zero attached hydrogens (tertiary/aromatic N) is 2. The summed E-state index contributed by atoms with van der Waals surface area (Å²) in [5, 5.41) is 2.49. The molecule has 0 bridgehead atoms. The van der Waals surface area contributed by atoms with Crippen LogP contribution in [0, 0.1) is 0 Å². The Morgan fingerprint density at radius 2 is 1.81 bits per heavy atom. The highest BCUT2D eigenvalue weighted by atomic mass is 19.4. The third-order valence-electron chi connectivity index (χ3n) is 4.32. The number of nitrogens with one attached hydrogen (secondary N) is 1. The van der Waals surface area contributed by atoms with Crippen LogP contribution in [0.5, 0.6) is 0 Å². The van der Waals surface area contributed by atoms with Gasteiger partial charge in [-0.25, -0.2) is 0 Å². The Bertz CT molecular complexity index is 798. The fourth-order valence-electron chi connectivity index (χ4n) is 2.86. The first kappa shape index (κ1) is 18.8. The molecule has 0 spiro atoms. The normalized spacial score (nSPS) is 14.9. The molecule has 6 nitrogen and oxygen atoms in total. The molecule has 2 amide bonds. The van der Waals surface area contributed by atoms with Crippen LogP contribution in [0.25, 0.3) is 0 Å². The number of alkyl halides is 3. The summed E-state index contributed by atoms with van der Waals surface area (Å²) in [6, 6.07) is 8.21. The van der Waals surface area contributed by atoms with Crippen LogP contribution in [0.15, 0.2) is 47.1 Å². The van der Waals surface area contributed by atoms with E-state index in [0.29, 0.717) is 31.9 Å². The van der Waals surface area contributed by atoms with E-state index in [9.17, 15) is 22.8 Å². The number of halogens is 3. The van der Waals surface area contributed by atoms with E-state index >= 15 is 0 Å². The Balaban J connectivity index is 1.51. The van der Waals surface area contributed by atoms with Crippen molar-refractivity contribution in [2.45, 2.75) is 6.18 Å². The predicted molar refractivity (Wildman–Crippen MR) is 91.3 cm³/mol. The van der Waals surface area contributed by atoms with Crippen molar-refractivity contribution >= 4 is 17.5 Å². The number of hydrogen-bond acceptors (Lipinski definition) is 4. The highest BCUT2D eigenvalue weighted by Gasteiger charge is 2.31. The van der Waals surface area contributed by atoms with Gasteiger partial charge in [-0.15, -0.1) is 0 Å². The van der Waals surface area contributed by atoms with E-state index in [2.05, 4.69) is 5.32 Å². The molecule has 2 aromatic rings. The molecule has 0 unspecified atom stereocenters. The van der Waals surface area contributed by atoms with Crippen LogP contribution in [0.2, 0.25) is 0 Å². The Labute approximate surface area is 153 Å². The average molecular weight is 381 g/mol. The van der Waals surface area contributed by atoms with Gasteiger partial charge in [0.05, 0.1) is 18.4 Å². The van der Waals surface area contributed by atoms with Crippen molar-refractivity contribution in [1.82, 2.24) is 10.2 Å². The summed E-state index contributed by atoms with van der Waals surface area (Å²) >= 11 is 0. The lowest BCUT2D eigenvalue weighted by Crippen LogP contribution is -2.51. The van der Waals surface area contributed by atoms with Crippen molar-refractivity contribution in [3.8, 4) is 0 Å². The van der Waals surface area contributed by atoms with Crippen LogP contribution in [-0.4, -0.2) is 49.4 Å². The Kier molecular flexibility index (Phi) is 5.38. The van der Waals surface area contributed by atoms with Crippen LogP contribution in [0.3, 0.4) is 0 Å². The molecule has 1 fully saturated rings. The van der Waals surface area contributed by atoms with E-state index in [1.165, 1.54) is 18.4 Å². The van der Waals surface area contributed by atoms with E-state index in [0.717, 1.165) is 12.1 Å². The third kappa shape index (κ3) is 4.60. The van der Waals surface area contributed by atoms with Gasteiger partial charge in [-0.2, -0.15) is 13.2 Å². The standard InChI is InChI=1S/C18H18F3N3O3/c19-18(20,21)13-3-1-4-14(11-13)23-6-8-24(9-7-23)16(25)12-22-17(26)15-5-2-10-27-15/h1-5,10-11H,6-9,12H2,(H,22,26). The zero-order valence-corrected chi connectivity index (χ0v) is 14.3. The first-order chi connectivity index (χ1) is 12.8. The Hall–Kier alpha value is -2.97. The summed E-state index contributed by atoms with van der Waals surface area (Å²) in [4.78, 5) is 27.4. The van der Waals surface area contributed by atoms with Crippen molar-refractivity contribution in [2.75, 3.05) is 37.6 Å². The summed E-state index contributed by atoms with van der Waals surface area (Å²) in [7, 11) is 0. The molecular weight excluding hydrogens is 363 g/mol. The fraction of sp³-hybridized carbons (Fsp3) is 0.333. The molecule has 1 aliphatic rings. The van der Waals surface area contributed by atoms with Crippen LogP contribution < -0.4 is 10.2 Å². The van der Waals surface area contributed by atoms with Crippen molar-refractivity contribution in [3.05, 3.63) is 54.0 Å². The molecule has 9 heteroatoms. The molecule has 0 atom stereocenters. The van der Waals surface area contributed by atoms with E-state index in [-0.39, 0.29) is 18.2 Å². The molecule has 0 radical (unpaired) electrons. The smallest absolute Gasteiger partial charge is 0.416 e. The van der Waals surface area contributed by atoms with Gasteiger partial charge in [0.2, 0.25) is 5.91 Å². The molecule has 1 saturated heterocycles. The maximum atomic E-state index is 12.8. The number of anilines is 1. The average Bonchev–Trinajstić information content (AvgIpc) is 3.20. The molecule has 3 rings (SSSR count). The van der Waals surface area contributed by atoms with Gasteiger partial charge < -0.3 is 19.5 Å². The maximum Gasteiger partial charge on any atom is 0.416 e. The van der Waals surface area contributed by atoms with Crippen molar-refractivity contribution in [1.29, 1.82) is 0 Å². The van der Waals surface area contributed by atoms with Gasteiger partial charge in [0.1, 0.15) is 0 Å². The zero-order chi connectivity index (χ0) is 19.4. The lowest BCUT2D eigenvalue weighted by atomic mass is 10.1. The van der Waals surface area contributed by atoms with Crippen molar-refractivity contribution < 1.29 is 27.2 Å². The van der Waals surface area contributed by atoms with Crippen molar-refractivity contribution in [3.63, 3.8) is 0 Å². The van der Waals surface area contributed by atoms with Crippen LogP contribution >= 0.6 is 0 Å². The number of furan rings is 1. The first-order valence-electron chi connectivity index (χ1n) is 8.36. The molecule has 27 heavy (non-hydrogen) atoms. The molecule has 1 N–H and O–H groups in total. The van der Waals surface area contributed by atoms with Gasteiger partial charge in [-0.05, 0) is 30.3 Å². The molecular formula is C18H18F3N3O3. The summed E-state index contributed by atoms with van der Waals surface area (Å²) in [6.07, 6.45) is -3.02. The second-order valence-electron chi connectivity index (χ2n) is 6.08. The number of carbonyl (C=O) groups is 2. The third-order valence-corrected chi connectivity index (χ3v) is 4.32. The van der Waals surface area contributed by atoms with E-state index in [4.69, 9.17) is 4.42 Å². The van der Waals surface area contributed by atoms with Gasteiger partial charge in [0.15, 0.2) is 5.76 Å². The van der Waals surface area contributed by atoms with Gasteiger partial charge >= 0.3 is 6.18 Å². The molecule has 0 saturated carbocycles. The van der Waals surface area contributed by atoms with Crippen LogP contribution in [0.1, 0.15) is 16.1 Å². The Morgan fingerprint density at radius 1 is 1.07 bits per heavy atom. The highest BCUT2D eigenvalue weighted by Crippen LogP contribution is 2.31. The number of amides is 2. The van der Waals surface area contributed by atoms with Gasteiger partial charge in [-0.3, -0.25) is 9.59 Å². The molecule has 144 valence electrons. The molecule has 2 heterocycles. The van der Waals surface area contributed by atoms with Gasteiger partial charge in [-0.1, -0.05) is 6.07 Å². The minimum Gasteiger partial charge on any atom is -0.459 e. The highest BCUT2D eigenvalue weighted by molar-refractivity contribution is 5.94. The summed E-state index contributed by atoms with van der Waals surface area (Å²) in [5.74, 6) is -0.605. The van der Waals surface area contributed by atoms with Gasteiger partial charge in [0, 0.05) is 31.9 Å². The maximum absolute atomic E-state index is 12.8. The summed E-state index contributed by atoms with van der Waals surface area (Å²) in [5.41, 5.74) is -0.220. The number of benzene rings is 1. The van der Waals surface area contributed by atoms with Crippen LogP contribution in [-0.2, 0) is 11.0 Å². The second-order valence-corrected chi connectivity index (χ2v) is 6.08. The molecule has 0 aliphatic carbocycles. The SMILES string of the molecule is O=C(NCC(=O)N1CCN(c2cccc(C(F)(F)F)c2)CC1)c1ccco1. The molecule has 1 aliphatic heterocycles. The topological polar surface area (TPSA) is 65.8 Å².